The molecule has 0 heterocycles. The van der Waals surface area contributed by atoms with Crippen LogP contribution in [0.2, 0.25) is 58.9 Å². The van der Waals surface area contributed by atoms with E-state index in [0.717, 1.165) is 0 Å². The fourth-order valence-corrected chi connectivity index (χ4v) is 0. The van der Waals surface area contributed by atoms with E-state index in [1.807, 2.05) is 0 Å². The molecule has 0 unspecified atom stereocenters. The number of rotatable bonds is 3. The van der Waals surface area contributed by atoms with Gasteiger partial charge in [-0.2, -0.15) is 0 Å². The van der Waals surface area contributed by atoms with E-state index in [1.54, 1.807) is 0 Å². The normalized spacial score (nSPS) is 12.3. The zero-order chi connectivity index (χ0) is 18.2. The molecule has 0 saturated carbocycles. The monoisotopic (exact) mass is 561 g/mol. The van der Waals surface area contributed by atoms with Crippen LogP contribution in [0.5, 0.6) is 0 Å². The molecule has 0 saturated heterocycles. The maximum absolute atomic E-state index is 5.58. The number of hydrogen-bond acceptors (Lipinski definition) is 0. The van der Waals surface area contributed by atoms with Crippen LogP contribution in [0.15, 0.2) is 0 Å². The molecule has 0 aromatic heterocycles. The van der Waals surface area contributed by atoms with Gasteiger partial charge in [0.1, 0.15) is 0 Å². The van der Waals surface area contributed by atoms with E-state index >= 15 is 0 Å². The fourth-order valence-electron chi connectivity index (χ4n) is 0. The molecule has 10 heteroatoms. The Balaban J connectivity index is -0.000000108. The van der Waals surface area contributed by atoms with Crippen LogP contribution in [-0.4, -0.2) is 37.6 Å². The molecule has 0 amide bonds. The maximum Gasteiger partial charge on any atom is 0.0969 e. The van der Waals surface area contributed by atoms with Crippen molar-refractivity contribution in [1.29, 1.82) is 0 Å². The SMILES string of the molecule is C[Si](C)(C)C(Cl)Cl.C[Si](C)(C)C(Cl)Cl.C[Si](C)(C)C(Cl)Cl.[Nb]. The Kier molecular flexibility index (Phi) is 21.2. The average Bonchev–Trinajstić information content (AvgIpc) is 2.14. The molecule has 1 radical (unpaired) electrons. The Hall–Kier alpha value is 3.13. The molecule has 0 fully saturated rings. The van der Waals surface area contributed by atoms with E-state index in [9.17, 15) is 0 Å². The van der Waals surface area contributed by atoms with Gasteiger partial charge in [-0.3, -0.25) is 0 Å². The predicted octanol–water partition coefficient (Wildman–Crippen LogP) is 8.00. The molecule has 0 aliphatic heterocycles. The molecule has 22 heavy (non-hydrogen) atoms. The summed E-state index contributed by atoms with van der Waals surface area (Å²) in [5, 5.41) is 0. The minimum atomic E-state index is -1.20. The standard InChI is InChI=1S/3C4H10Cl2Si.Nb/c3*1-7(2,3)4(5)6;/h3*4H,1-3H3;. The summed E-state index contributed by atoms with van der Waals surface area (Å²) < 4.78 is -0.354. The predicted molar refractivity (Wildman–Crippen MR) is 117 cm³/mol. The molecule has 0 rings (SSSR count). The summed E-state index contributed by atoms with van der Waals surface area (Å²) in [6, 6.07) is 0. The minimum Gasteiger partial charge on any atom is -0.109 e. The smallest absolute Gasteiger partial charge is 0.0969 e. The van der Waals surface area contributed by atoms with E-state index in [-0.39, 0.29) is 35.8 Å². The van der Waals surface area contributed by atoms with E-state index in [0.29, 0.717) is 0 Å². The molecule has 0 N–H and O–H groups in total. The summed E-state index contributed by atoms with van der Waals surface area (Å²) in [4.78, 5) is 0. The summed E-state index contributed by atoms with van der Waals surface area (Å²) in [5.41, 5.74) is 0. The van der Waals surface area contributed by atoms with Crippen LogP contribution in [0.1, 0.15) is 0 Å². The van der Waals surface area contributed by atoms with Crippen molar-refractivity contribution in [3.63, 3.8) is 0 Å². The van der Waals surface area contributed by atoms with Crippen molar-refractivity contribution in [3.05, 3.63) is 0 Å². The van der Waals surface area contributed by atoms with Gasteiger partial charge in [-0.05, 0) is 0 Å². The quantitative estimate of drug-likeness (QED) is 0.241. The Morgan fingerprint density at radius 1 is 0.409 bits per heavy atom. The first-order valence-electron chi connectivity index (χ1n) is 6.68. The molecule has 0 atom stereocenters. The first-order chi connectivity index (χ1) is 8.83. The fraction of sp³-hybridized carbons (Fsp3) is 1.00. The van der Waals surface area contributed by atoms with Gasteiger partial charge in [0, 0.05) is 22.4 Å². The summed E-state index contributed by atoms with van der Waals surface area (Å²) in [7, 11) is -3.61. The average molecular weight is 564 g/mol. The zero-order valence-electron chi connectivity index (χ0n) is 14.9. The molecule has 0 nitrogen and oxygen atoms in total. The largest absolute Gasteiger partial charge is 0.109 e. The minimum absolute atomic E-state index is 0. The molecule has 0 aromatic carbocycles. The molecule has 0 aliphatic rings. The van der Waals surface area contributed by atoms with Gasteiger partial charge in [0.15, 0.2) is 0 Å². The summed E-state index contributed by atoms with van der Waals surface area (Å²) in [6.45, 7) is 19.2. The third-order valence-corrected chi connectivity index (χ3v) is 17.7. The maximum atomic E-state index is 5.58. The molecular weight excluding hydrogens is 534 g/mol. The number of halogens is 6. The molecule has 0 spiro atoms. The third kappa shape index (κ3) is 25.4. The van der Waals surface area contributed by atoms with Crippen LogP contribution in [-0.2, 0) is 22.4 Å². The van der Waals surface area contributed by atoms with Gasteiger partial charge in [-0.15, -0.1) is 69.6 Å². The Labute approximate surface area is 186 Å². The van der Waals surface area contributed by atoms with Gasteiger partial charge in [-0.1, -0.05) is 58.9 Å². The van der Waals surface area contributed by atoms with Crippen molar-refractivity contribution >= 4 is 93.8 Å². The second-order valence-corrected chi connectivity index (χ2v) is 29.4. The Morgan fingerprint density at radius 3 is 0.455 bits per heavy atom. The molecule has 0 aliphatic carbocycles. The zero-order valence-corrected chi connectivity index (χ0v) is 24.7. The van der Waals surface area contributed by atoms with Gasteiger partial charge in [0.25, 0.3) is 0 Å². The molecule has 0 aromatic rings. The van der Waals surface area contributed by atoms with Crippen molar-refractivity contribution in [2.24, 2.45) is 0 Å². The van der Waals surface area contributed by atoms with E-state index in [2.05, 4.69) is 58.9 Å². The topological polar surface area (TPSA) is 0 Å². The van der Waals surface area contributed by atoms with Crippen molar-refractivity contribution in [1.82, 2.24) is 0 Å². The van der Waals surface area contributed by atoms with Crippen molar-refractivity contribution in [2.75, 3.05) is 0 Å². The van der Waals surface area contributed by atoms with Crippen LogP contribution < -0.4 is 0 Å². The van der Waals surface area contributed by atoms with Crippen LogP contribution in [0.3, 0.4) is 0 Å². The molecule has 137 valence electrons. The van der Waals surface area contributed by atoms with Crippen molar-refractivity contribution < 1.29 is 22.4 Å². The van der Waals surface area contributed by atoms with Crippen LogP contribution in [0, 0.1) is 0 Å². The first kappa shape index (κ1) is 32.8. The Bertz CT molecular complexity index is 214. The molecular formula is C12H30Cl6NbSi3. The summed E-state index contributed by atoms with van der Waals surface area (Å²) >= 11 is 33.5. The van der Waals surface area contributed by atoms with E-state index in [4.69, 9.17) is 69.6 Å². The van der Waals surface area contributed by atoms with Gasteiger partial charge >= 0.3 is 0 Å². The van der Waals surface area contributed by atoms with Crippen molar-refractivity contribution in [2.45, 2.75) is 72.3 Å². The van der Waals surface area contributed by atoms with Crippen LogP contribution in [0.25, 0.3) is 0 Å². The van der Waals surface area contributed by atoms with E-state index in [1.165, 1.54) is 0 Å². The Morgan fingerprint density at radius 2 is 0.455 bits per heavy atom. The van der Waals surface area contributed by atoms with Crippen LogP contribution in [0.4, 0.5) is 0 Å². The first-order valence-corrected chi connectivity index (χ1v) is 20.0. The second kappa shape index (κ2) is 14.2. The van der Waals surface area contributed by atoms with Crippen molar-refractivity contribution in [3.8, 4) is 0 Å². The summed E-state index contributed by atoms with van der Waals surface area (Å²) in [6.07, 6.45) is 0. The molecule has 0 bridgehead atoms. The van der Waals surface area contributed by atoms with E-state index < -0.39 is 24.2 Å². The van der Waals surface area contributed by atoms with Gasteiger partial charge in [0.2, 0.25) is 0 Å². The van der Waals surface area contributed by atoms with Gasteiger partial charge in [0.05, 0.1) is 37.6 Å². The van der Waals surface area contributed by atoms with Gasteiger partial charge < -0.3 is 0 Å². The third-order valence-electron chi connectivity index (χ3n) is 1.96. The van der Waals surface area contributed by atoms with Gasteiger partial charge in [-0.25, -0.2) is 0 Å². The second-order valence-electron chi connectivity index (χ2n) is 8.00. The number of hydrogen-bond donors (Lipinski definition) is 0. The number of alkyl halides is 6. The summed E-state index contributed by atoms with van der Waals surface area (Å²) in [5.74, 6) is 0. The van der Waals surface area contributed by atoms with Crippen LogP contribution >= 0.6 is 69.6 Å².